The van der Waals surface area contributed by atoms with Gasteiger partial charge >= 0.3 is 0 Å². The topological polar surface area (TPSA) is 124 Å². The molecule has 42 heavy (non-hydrogen) atoms. The zero-order valence-corrected chi connectivity index (χ0v) is 24.6. The molecule has 1 fully saturated rings. The molecule has 4 aromatic heterocycles. The number of pyridine rings is 2. The number of likely N-dealkylation sites (tertiary alicyclic amines) is 1. The number of piperidine rings is 1. The fourth-order valence-electron chi connectivity index (χ4n) is 4.93. The number of hydrogen-bond donors (Lipinski definition) is 1. The summed E-state index contributed by atoms with van der Waals surface area (Å²) in [7, 11) is 0. The van der Waals surface area contributed by atoms with Gasteiger partial charge in [0.1, 0.15) is 5.69 Å². The van der Waals surface area contributed by atoms with Gasteiger partial charge in [-0.15, -0.1) is 5.10 Å². The minimum absolute atomic E-state index is 0.0927. The van der Waals surface area contributed by atoms with Crippen LogP contribution >= 0.6 is 34.8 Å². The first-order valence-corrected chi connectivity index (χ1v) is 14.3. The summed E-state index contributed by atoms with van der Waals surface area (Å²) < 4.78 is 3.15. The fourth-order valence-corrected chi connectivity index (χ4v) is 5.56. The zero-order chi connectivity index (χ0) is 29.4. The van der Waals surface area contributed by atoms with Crippen LogP contribution in [0.25, 0.3) is 22.5 Å². The van der Waals surface area contributed by atoms with Crippen LogP contribution in [0.5, 0.6) is 0 Å². The number of benzene rings is 1. The lowest BCUT2D eigenvalue weighted by molar-refractivity contribution is -0.126. The number of amides is 2. The standard InChI is InChI=1S/C28H24Cl3N9O2/c1-16-20-10-18(13-33-26(20)40(36-16)25-4-2-3-7-32-25)28(42)38-8-5-17(6-9-38)27(41)34-14-19-15-39(37-35-19)24-12-22(30)21(29)11-23(24)31/h2-4,7,10-13,15,17H,5-6,8-9,14H2,1H3,(H,34,41). The number of fused-ring (bicyclic) bond motifs is 1. The second-order valence-electron chi connectivity index (χ2n) is 9.94. The van der Waals surface area contributed by atoms with Crippen LogP contribution in [0.15, 0.2) is 55.0 Å². The number of nitrogens with one attached hydrogen (secondary N) is 1. The van der Waals surface area contributed by atoms with Gasteiger partial charge in [-0.05, 0) is 50.1 Å². The van der Waals surface area contributed by atoms with Crippen molar-refractivity contribution in [3.05, 3.63) is 87.0 Å². The fraction of sp³-hybridized carbons (Fsp3) is 0.250. The number of carbonyl (C=O) groups is 2. The second-order valence-corrected chi connectivity index (χ2v) is 11.2. The number of nitrogens with zero attached hydrogens (tertiary/aromatic N) is 8. The van der Waals surface area contributed by atoms with E-state index in [1.54, 1.807) is 34.2 Å². The average molecular weight is 625 g/mol. The third kappa shape index (κ3) is 5.55. The second kappa shape index (κ2) is 11.7. The van der Waals surface area contributed by atoms with Crippen molar-refractivity contribution in [1.29, 1.82) is 0 Å². The highest BCUT2D eigenvalue weighted by Gasteiger charge is 2.28. The molecule has 1 aliphatic heterocycles. The van der Waals surface area contributed by atoms with Gasteiger partial charge in [0.05, 0.1) is 44.8 Å². The smallest absolute Gasteiger partial charge is 0.255 e. The van der Waals surface area contributed by atoms with E-state index in [9.17, 15) is 9.59 Å². The molecule has 0 radical (unpaired) electrons. The largest absolute Gasteiger partial charge is 0.350 e. The SMILES string of the molecule is Cc1nn(-c2ccccn2)c2ncc(C(=O)N3CCC(C(=O)NCc4cn(-c5cc(Cl)c(Cl)cc5Cl)nn4)CC3)cc12. The van der Waals surface area contributed by atoms with Crippen molar-refractivity contribution < 1.29 is 9.59 Å². The van der Waals surface area contributed by atoms with Crippen LogP contribution in [0.3, 0.4) is 0 Å². The summed E-state index contributed by atoms with van der Waals surface area (Å²) >= 11 is 18.4. The van der Waals surface area contributed by atoms with Gasteiger partial charge in [-0.2, -0.15) is 9.78 Å². The molecule has 5 aromatic rings. The summed E-state index contributed by atoms with van der Waals surface area (Å²) in [6, 6.07) is 10.5. The molecule has 0 spiro atoms. The maximum Gasteiger partial charge on any atom is 0.255 e. The van der Waals surface area contributed by atoms with E-state index in [4.69, 9.17) is 34.8 Å². The highest BCUT2D eigenvalue weighted by molar-refractivity contribution is 6.43. The lowest BCUT2D eigenvalue weighted by atomic mass is 9.95. The summed E-state index contributed by atoms with van der Waals surface area (Å²) in [5, 5.41) is 17.5. The van der Waals surface area contributed by atoms with Gasteiger partial charge in [0.15, 0.2) is 11.5 Å². The van der Waals surface area contributed by atoms with Crippen LogP contribution in [0.4, 0.5) is 0 Å². The summed E-state index contributed by atoms with van der Waals surface area (Å²) in [5.41, 5.74) is 2.97. The van der Waals surface area contributed by atoms with Crippen LogP contribution in [-0.4, -0.2) is 64.5 Å². The lowest BCUT2D eigenvalue weighted by Crippen LogP contribution is -2.43. The first-order valence-electron chi connectivity index (χ1n) is 13.2. The molecule has 11 nitrogen and oxygen atoms in total. The predicted octanol–water partition coefficient (Wildman–Crippen LogP) is 4.83. The Morgan fingerprint density at radius 2 is 1.81 bits per heavy atom. The van der Waals surface area contributed by atoms with Crippen molar-refractivity contribution in [3.63, 3.8) is 0 Å². The average Bonchev–Trinajstić information content (AvgIpc) is 3.62. The van der Waals surface area contributed by atoms with E-state index in [1.165, 1.54) is 10.7 Å². The van der Waals surface area contributed by atoms with Crippen molar-refractivity contribution in [2.24, 2.45) is 5.92 Å². The van der Waals surface area contributed by atoms with Gasteiger partial charge in [0.25, 0.3) is 5.91 Å². The molecule has 214 valence electrons. The van der Waals surface area contributed by atoms with E-state index in [-0.39, 0.29) is 24.3 Å². The monoisotopic (exact) mass is 623 g/mol. The molecule has 14 heteroatoms. The Morgan fingerprint density at radius 3 is 2.57 bits per heavy atom. The molecular weight excluding hydrogens is 601 g/mol. The Bertz CT molecular complexity index is 1800. The third-order valence-electron chi connectivity index (χ3n) is 7.19. The summed E-state index contributed by atoms with van der Waals surface area (Å²) in [4.78, 5) is 36.8. The molecule has 0 saturated carbocycles. The van der Waals surface area contributed by atoms with Crippen molar-refractivity contribution in [2.45, 2.75) is 26.3 Å². The lowest BCUT2D eigenvalue weighted by Gasteiger charge is -2.31. The minimum Gasteiger partial charge on any atom is -0.350 e. The quantitative estimate of drug-likeness (QED) is 0.268. The molecule has 6 rings (SSSR count). The predicted molar refractivity (Wildman–Crippen MR) is 158 cm³/mol. The van der Waals surface area contributed by atoms with Crippen molar-refractivity contribution >= 4 is 57.7 Å². The van der Waals surface area contributed by atoms with E-state index in [0.717, 1.165) is 11.1 Å². The Kier molecular flexibility index (Phi) is 7.80. The van der Waals surface area contributed by atoms with Gasteiger partial charge in [-0.25, -0.2) is 14.6 Å². The van der Waals surface area contributed by atoms with E-state index < -0.39 is 0 Å². The number of carbonyl (C=O) groups excluding carboxylic acids is 2. The molecule has 1 N–H and O–H groups in total. The highest BCUT2D eigenvalue weighted by Crippen LogP contribution is 2.31. The Labute approximate surface area is 255 Å². The Hall–Kier alpha value is -4.06. The van der Waals surface area contributed by atoms with E-state index >= 15 is 0 Å². The number of halogens is 3. The van der Waals surface area contributed by atoms with Crippen molar-refractivity contribution in [1.82, 2.24) is 45.0 Å². The van der Waals surface area contributed by atoms with Crippen LogP contribution in [0, 0.1) is 12.8 Å². The molecule has 1 aliphatic rings. The Balaban J connectivity index is 1.05. The van der Waals surface area contributed by atoms with E-state index in [2.05, 4.69) is 30.7 Å². The van der Waals surface area contributed by atoms with Crippen LogP contribution < -0.4 is 5.32 Å². The minimum atomic E-state index is -0.215. The molecule has 0 aliphatic carbocycles. The molecule has 0 bridgehead atoms. The van der Waals surface area contributed by atoms with Gasteiger partial charge in [0, 0.05) is 36.8 Å². The van der Waals surface area contributed by atoms with Gasteiger partial charge in [-0.3, -0.25) is 9.59 Å². The number of aromatic nitrogens is 7. The summed E-state index contributed by atoms with van der Waals surface area (Å²) in [5.74, 6) is 0.228. The van der Waals surface area contributed by atoms with Crippen LogP contribution in [-0.2, 0) is 11.3 Å². The first kappa shape index (κ1) is 28.1. The number of aryl methyl sites for hydroxylation is 1. The molecule has 1 saturated heterocycles. The number of rotatable bonds is 6. The summed E-state index contributed by atoms with van der Waals surface area (Å²) in [6.45, 7) is 3.01. The molecule has 5 heterocycles. The maximum absolute atomic E-state index is 13.3. The van der Waals surface area contributed by atoms with Crippen LogP contribution in [0.1, 0.15) is 34.6 Å². The van der Waals surface area contributed by atoms with Crippen molar-refractivity contribution in [2.75, 3.05) is 13.1 Å². The summed E-state index contributed by atoms with van der Waals surface area (Å²) in [6.07, 6.45) is 6.04. The Morgan fingerprint density at radius 1 is 1.02 bits per heavy atom. The molecule has 0 unspecified atom stereocenters. The highest BCUT2D eigenvalue weighted by atomic mass is 35.5. The normalized spacial score (nSPS) is 14.0. The first-order chi connectivity index (χ1) is 20.3. The molecular formula is C28H24Cl3N9O2. The zero-order valence-electron chi connectivity index (χ0n) is 22.3. The third-order valence-corrected chi connectivity index (χ3v) is 8.22. The van der Waals surface area contributed by atoms with Crippen LogP contribution in [0.2, 0.25) is 15.1 Å². The maximum atomic E-state index is 13.3. The van der Waals surface area contributed by atoms with Crippen molar-refractivity contribution in [3.8, 4) is 11.5 Å². The van der Waals surface area contributed by atoms with E-state index in [1.807, 2.05) is 31.2 Å². The number of hydrogen-bond acceptors (Lipinski definition) is 7. The molecule has 2 amide bonds. The van der Waals surface area contributed by atoms with E-state index in [0.29, 0.717) is 69.4 Å². The molecule has 1 aromatic carbocycles. The van der Waals surface area contributed by atoms with Gasteiger partial charge in [-0.1, -0.05) is 46.1 Å². The van der Waals surface area contributed by atoms with Gasteiger partial charge in [0.2, 0.25) is 5.91 Å². The van der Waals surface area contributed by atoms with Gasteiger partial charge < -0.3 is 10.2 Å². The molecule has 0 atom stereocenters.